The number of carbonyl (C=O) groups excluding carboxylic acids is 2. The van der Waals surface area contributed by atoms with Crippen molar-refractivity contribution in [2.24, 2.45) is 0 Å². The van der Waals surface area contributed by atoms with Crippen LogP contribution in [0.25, 0.3) is 10.8 Å². The lowest BCUT2D eigenvalue weighted by molar-refractivity contribution is -0.121. The normalized spacial score (nSPS) is 16.7. The highest BCUT2D eigenvalue weighted by Crippen LogP contribution is 2.23. The van der Waals surface area contributed by atoms with Gasteiger partial charge in [0.25, 0.3) is 0 Å². The topological polar surface area (TPSA) is 49.4 Å². The molecule has 5 heteroatoms. The molecule has 3 aromatic rings. The van der Waals surface area contributed by atoms with Crippen LogP contribution >= 0.6 is 0 Å². The van der Waals surface area contributed by atoms with Crippen LogP contribution in [-0.4, -0.2) is 24.4 Å². The molecule has 1 atom stereocenters. The quantitative estimate of drug-likeness (QED) is 0.773. The third kappa shape index (κ3) is 3.67. The molecule has 0 radical (unpaired) electrons. The number of amides is 2. The third-order valence-electron chi connectivity index (χ3n) is 4.84. The Labute approximate surface area is 156 Å². The van der Waals surface area contributed by atoms with Crippen LogP contribution < -0.4 is 10.2 Å². The molecule has 1 N–H and O–H groups in total. The lowest BCUT2D eigenvalue weighted by atomic mass is 10.0. The molecule has 2 amide bonds. The van der Waals surface area contributed by atoms with Crippen LogP contribution in [-0.2, 0) is 16.0 Å². The molecule has 1 aliphatic rings. The van der Waals surface area contributed by atoms with E-state index >= 15 is 0 Å². The molecule has 4 rings (SSSR count). The minimum absolute atomic E-state index is 0.115. The van der Waals surface area contributed by atoms with E-state index in [4.69, 9.17) is 0 Å². The zero-order valence-corrected chi connectivity index (χ0v) is 14.7. The second-order valence-corrected chi connectivity index (χ2v) is 6.77. The molecule has 0 bridgehead atoms. The van der Waals surface area contributed by atoms with Gasteiger partial charge in [0.05, 0.1) is 12.5 Å². The fourth-order valence-corrected chi connectivity index (χ4v) is 3.60. The number of carbonyl (C=O) groups is 2. The van der Waals surface area contributed by atoms with Crippen molar-refractivity contribution in [3.05, 3.63) is 78.1 Å². The van der Waals surface area contributed by atoms with Gasteiger partial charge in [-0.15, -0.1) is 0 Å². The van der Waals surface area contributed by atoms with Gasteiger partial charge in [-0.3, -0.25) is 9.59 Å². The maximum Gasteiger partial charge on any atom is 0.229 e. The standard InChI is InChI=1S/C22H19FN2O2/c23-17-8-4-9-19(12-17)25-14-18(13-22(25)27)24-21(26)11-16-7-3-6-15-5-1-2-10-20(15)16/h1-10,12,18H,11,13-14H2,(H,24,26). The predicted octanol–water partition coefficient (Wildman–Crippen LogP) is 3.44. The molecule has 0 saturated carbocycles. The van der Waals surface area contributed by atoms with Crippen LogP contribution in [0.2, 0.25) is 0 Å². The summed E-state index contributed by atoms with van der Waals surface area (Å²) in [6.45, 7) is 0.351. The van der Waals surface area contributed by atoms with Crippen LogP contribution in [0.15, 0.2) is 66.7 Å². The van der Waals surface area contributed by atoms with E-state index < -0.39 is 0 Å². The number of nitrogens with one attached hydrogen (secondary N) is 1. The Morgan fingerprint density at radius 3 is 2.70 bits per heavy atom. The number of benzene rings is 3. The second-order valence-electron chi connectivity index (χ2n) is 6.77. The van der Waals surface area contributed by atoms with Crippen LogP contribution in [0.1, 0.15) is 12.0 Å². The number of hydrogen-bond acceptors (Lipinski definition) is 2. The SMILES string of the molecule is O=C(Cc1cccc2ccccc12)NC1CC(=O)N(c2cccc(F)c2)C1. The first-order valence-electron chi connectivity index (χ1n) is 8.92. The smallest absolute Gasteiger partial charge is 0.229 e. The number of nitrogens with zero attached hydrogens (tertiary/aromatic N) is 1. The van der Waals surface area contributed by atoms with Gasteiger partial charge in [0.1, 0.15) is 5.82 Å². The van der Waals surface area contributed by atoms with Gasteiger partial charge >= 0.3 is 0 Å². The molecule has 1 heterocycles. The fraction of sp³-hybridized carbons (Fsp3) is 0.182. The van der Waals surface area contributed by atoms with E-state index in [0.29, 0.717) is 12.2 Å². The lowest BCUT2D eigenvalue weighted by Crippen LogP contribution is -2.38. The molecule has 136 valence electrons. The minimum Gasteiger partial charge on any atom is -0.351 e. The minimum atomic E-state index is -0.385. The summed E-state index contributed by atoms with van der Waals surface area (Å²) in [6, 6.07) is 19.5. The average Bonchev–Trinajstić information content (AvgIpc) is 3.02. The fourth-order valence-electron chi connectivity index (χ4n) is 3.60. The van der Waals surface area contributed by atoms with Crippen molar-refractivity contribution in [1.82, 2.24) is 5.32 Å². The maximum absolute atomic E-state index is 13.4. The Hall–Kier alpha value is -3.21. The van der Waals surface area contributed by atoms with Gasteiger partial charge < -0.3 is 10.2 Å². The molecular formula is C22H19FN2O2. The Morgan fingerprint density at radius 2 is 1.85 bits per heavy atom. The van der Waals surface area contributed by atoms with E-state index in [1.807, 2.05) is 42.5 Å². The Balaban J connectivity index is 1.44. The summed E-state index contributed by atoms with van der Waals surface area (Å²) >= 11 is 0. The summed E-state index contributed by atoms with van der Waals surface area (Å²) in [7, 11) is 0. The number of anilines is 1. The summed E-state index contributed by atoms with van der Waals surface area (Å²) in [5.74, 6) is -0.620. The van der Waals surface area contributed by atoms with Gasteiger partial charge in [0.15, 0.2) is 0 Å². The number of hydrogen-bond donors (Lipinski definition) is 1. The summed E-state index contributed by atoms with van der Waals surface area (Å²) in [5, 5.41) is 5.09. The van der Waals surface area contributed by atoms with Crippen molar-refractivity contribution in [2.45, 2.75) is 18.9 Å². The first-order chi connectivity index (χ1) is 13.1. The largest absolute Gasteiger partial charge is 0.351 e. The van der Waals surface area contributed by atoms with Gasteiger partial charge in [-0.05, 0) is 34.5 Å². The number of halogens is 1. The number of rotatable bonds is 4. The van der Waals surface area contributed by atoms with Crippen LogP contribution in [0.5, 0.6) is 0 Å². The average molecular weight is 362 g/mol. The molecule has 27 heavy (non-hydrogen) atoms. The van der Waals surface area contributed by atoms with E-state index in [1.165, 1.54) is 17.0 Å². The van der Waals surface area contributed by atoms with Crippen molar-refractivity contribution >= 4 is 28.3 Å². The zero-order chi connectivity index (χ0) is 18.8. The Kier molecular flexibility index (Phi) is 4.59. The lowest BCUT2D eigenvalue weighted by Gasteiger charge is -2.17. The van der Waals surface area contributed by atoms with Gasteiger partial charge in [0, 0.05) is 18.7 Å². The van der Waals surface area contributed by atoms with Gasteiger partial charge in [0.2, 0.25) is 11.8 Å². The highest BCUT2D eigenvalue weighted by Gasteiger charge is 2.31. The molecule has 0 aromatic heterocycles. The zero-order valence-electron chi connectivity index (χ0n) is 14.7. The number of fused-ring (bicyclic) bond motifs is 1. The van der Waals surface area contributed by atoms with Crippen LogP contribution in [0.4, 0.5) is 10.1 Å². The van der Waals surface area contributed by atoms with Crippen molar-refractivity contribution < 1.29 is 14.0 Å². The van der Waals surface area contributed by atoms with Crippen LogP contribution in [0, 0.1) is 5.82 Å². The van der Waals surface area contributed by atoms with E-state index in [-0.39, 0.29) is 36.5 Å². The summed E-state index contributed by atoms with van der Waals surface area (Å²) in [5.41, 5.74) is 1.47. The molecule has 4 nitrogen and oxygen atoms in total. The molecule has 0 spiro atoms. The molecule has 1 aliphatic heterocycles. The molecule has 1 saturated heterocycles. The highest BCUT2D eigenvalue weighted by atomic mass is 19.1. The van der Waals surface area contributed by atoms with Crippen molar-refractivity contribution in [1.29, 1.82) is 0 Å². The van der Waals surface area contributed by atoms with Crippen molar-refractivity contribution in [2.75, 3.05) is 11.4 Å². The van der Waals surface area contributed by atoms with Gasteiger partial charge in [-0.2, -0.15) is 0 Å². The van der Waals surface area contributed by atoms with Gasteiger partial charge in [-0.1, -0.05) is 48.5 Å². The van der Waals surface area contributed by atoms with E-state index in [0.717, 1.165) is 16.3 Å². The maximum atomic E-state index is 13.4. The predicted molar refractivity (Wildman–Crippen MR) is 103 cm³/mol. The molecule has 1 fully saturated rings. The monoisotopic (exact) mass is 362 g/mol. The van der Waals surface area contributed by atoms with Crippen molar-refractivity contribution in [3.63, 3.8) is 0 Å². The first-order valence-corrected chi connectivity index (χ1v) is 8.92. The molecule has 1 unspecified atom stereocenters. The highest BCUT2D eigenvalue weighted by molar-refractivity contribution is 5.97. The molecule has 0 aliphatic carbocycles. The second kappa shape index (κ2) is 7.19. The Bertz CT molecular complexity index is 1010. The van der Waals surface area contributed by atoms with Gasteiger partial charge in [-0.25, -0.2) is 4.39 Å². The summed E-state index contributed by atoms with van der Waals surface area (Å²) in [4.78, 5) is 26.3. The third-order valence-corrected chi connectivity index (χ3v) is 4.84. The first kappa shape index (κ1) is 17.2. The summed E-state index contributed by atoms with van der Waals surface area (Å²) < 4.78 is 13.4. The Morgan fingerprint density at radius 1 is 1.07 bits per heavy atom. The van der Waals surface area contributed by atoms with Crippen molar-refractivity contribution in [3.8, 4) is 0 Å². The molecular weight excluding hydrogens is 343 g/mol. The molecule has 3 aromatic carbocycles. The van der Waals surface area contributed by atoms with E-state index in [2.05, 4.69) is 5.32 Å². The van der Waals surface area contributed by atoms with Crippen LogP contribution in [0.3, 0.4) is 0 Å². The van der Waals surface area contributed by atoms with E-state index in [9.17, 15) is 14.0 Å². The summed E-state index contributed by atoms with van der Waals surface area (Å²) in [6.07, 6.45) is 0.476. The van der Waals surface area contributed by atoms with E-state index in [1.54, 1.807) is 12.1 Å².